The van der Waals surface area contributed by atoms with Crippen LogP contribution in [0.5, 0.6) is 11.5 Å². The van der Waals surface area contributed by atoms with E-state index in [1.54, 1.807) is 13.2 Å². The first-order chi connectivity index (χ1) is 9.28. The second-order valence-electron chi connectivity index (χ2n) is 4.69. The van der Waals surface area contributed by atoms with Crippen LogP contribution in [0, 0.1) is 0 Å². The van der Waals surface area contributed by atoms with Gasteiger partial charge in [0.1, 0.15) is 24.2 Å². The van der Waals surface area contributed by atoms with E-state index in [4.69, 9.17) is 9.47 Å². The zero-order valence-electron chi connectivity index (χ0n) is 11.2. The van der Waals surface area contributed by atoms with Gasteiger partial charge < -0.3 is 19.9 Å². The van der Waals surface area contributed by atoms with E-state index in [1.165, 1.54) is 0 Å². The van der Waals surface area contributed by atoms with E-state index in [0.717, 1.165) is 18.6 Å². The van der Waals surface area contributed by atoms with Crippen molar-refractivity contribution in [1.29, 1.82) is 0 Å². The number of hydrogen-bond donors (Lipinski definition) is 2. The van der Waals surface area contributed by atoms with E-state index in [9.17, 15) is 5.11 Å². The second kappa shape index (κ2) is 7.16. The lowest BCUT2D eigenvalue weighted by Crippen LogP contribution is -2.36. The summed E-state index contributed by atoms with van der Waals surface area (Å²) in [6, 6.07) is 7.84. The van der Waals surface area contributed by atoms with Gasteiger partial charge in [-0.3, -0.25) is 0 Å². The van der Waals surface area contributed by atoms with Crippen molar-refractivity contribution in [3.63, 3.8) is 0 Å². The van der Waals surface area contributed by atoms with Crippen LogP contribution in [0.25, 0.3) is 0 Å². The molecule has 0 saturated heterocycles. The van der Waals surface area contributed by atoms with Crippen molar-refractivity contribution in [3.05, 3.63) is 36.4 Å². The first-order valence-corrected chi connectivity index (χ1v) is 6.61. The highest BCUT2D eigenvalue weighted by atomic mass is 16.5. The fourth-order valence-corrected chi connectivity index (χ4v) is 2.03. The quantitative estimate of drug-likeness (QED) is 0.736. The minimum atomic E-state index is -0.508. The van der Waals surface area contributed by atoms with Crippen LogP contribution in [0.3, 0.4) is 0 Å². The van der Waals surface area contributed by atoms with Crippen molar-refractivity contribution in [3.8, 4) is 11.5 Å². The largest absolute Gasteiger partial charge is 0.497 e. The zero-order valence-corrected chi connectivity index (χ0v) is 11.2. The summed E-state index contributed by atoms with van der Waals surface area (Å²) in [7, 11) is 1.62. The molecule has 1 atom stereocenters. The van der Waals surface area contributed by atoms with Gasteiger partial charge in [0.15, 0.2) is 0 Å². The average Bonchev–Trinajstić information content (AvgIpc) is 2.96. The van der Waals surface area contributed by atoms with E-state index < -0.39 is 6.10 Å². The lowest BCUT2D eigenvalue weighted by atomic mass is 10.2. The molecule has 0 amide bonds. The first-order valence-electron chi connectivity index (χ1n) is 6.61. The lowest BCUT2D eigenvalue weighted by molar-refractivity contribution is 0.104. The van der Waals surface area contributed by atoms with E-state index in [0.29, 0.717) is 18.3 Å². The van der Waals surface area contributed by atoms with Crippen molar-refractivity contribution in [2.24, 2.45) is 0 Å². The normalized spacial score (nSPS) is 16.5. The molecule has 1 aliphatic rings. The van der Waals surface area contributed by atoms with Crippen LogP contribution in [-0.2, 0) is 0 Å². The van der Waals surface area contributed by atoms with Crippen LogP contribution in [0.15, 0.2) is 36.4 Å². The van der Waals surface area contributed by atoms with E-state index in [-0.39, 0.29) is 6.61 Å². The summed E-state index contributed by atoms with van der Waals surface area (Å²) in [5.74, 6) is 1.46. The van der Waals surface area contributed by atoms with Crippen molar-refractivity contribution in [2.45, 2.75) is 25.0 Å². The molecular formula is C15H21NO3. The van der Waals surface area contributed by atoms with Crippen molar-refractivity contribution < 1.29 is 14.6 Å². The molecule has 4 heteroatoms. The Morgan fingerprint density at radius 3 is 2.79 bits per heavy atom. The van der Waals surface area contributed by atoms with Crippen LogP contribution in [-0.4, -0.2) is 37.5 Å². The Morgan fingerprint density at radius 1 is 1.32 bits per heavy atom. The average molecular weight is 263 g/mol. The highest BCUT2D eigenvalue weighted by Gasteiger charge is 2.12. The molecule has 104 valence electrons. The van der Waals surface area contributed by atoms with Crippen molar-refractivity contribution >= 4 is 0 Å². The Balaban J connectivity index is 1.68. The predicted octanol–water partition coefficient (Wildman–Crippen LogP) is 1.74. The third-order valence-corrected chi connectivity index (χ3v) is 3.13. The van der Waals surface area contributed by atoms with Gasteiger partial charge in [0, 0.05) is 18.7 Å². The number of aliphatic hydroxyl groups is 1. The minimum Gasteiger partial charge on any atom is -0.497 e. The first kappa shape index (κ1) is 13.9. The molecule has 0 bridgehead atoms. The summed E-state index contributed by atoms with van der Waals surface area (Å²) in [5.41, 5.74) is 0. The SMILES string of the molecule is COc1cccc(OCC(O)CNC2CC=CC2)c1. The van der Waals surface area contributed by atoms with Crippen LogP contribution < -0.4 is 14.8 Å². The molecular weight excluding hydrogens is 242 g/mol. The monoisotopic (exact) mass is 263 g/mol. The summed E-state index contributed by atoms with van der Waals surface area (Å²) in [5, 5.41) is 13.2. The Kier molecular flexibility index (Phi) is 5.24. The molecule has 1 aromatic rings. The fraction of sp³-hybridized carbons (Fsp3) is 0.467. The van der Waals surface area contributed by atoms with E-state index in [2.05, 4.69) is 17.5 Å². The van der Waals surface area contributed by atoms with Gasteiger partial charge >= 0.3 is 0 Å². The van der Waals surface area contributed by atoms with E-state index in [1.807, 2.05) is 18.2 Å². The molecule has 4 nitrogen and oxygen atoms in total. The number of ether oxygens (including phenoxy) is 2. The number of methoxy groups -OCH3 is 1. The maximum Gasteiger partial charge on any atom is 0.123 e. The highest BCUT2D eigenvalue weighted by molar-refractivity contribution is 5.32. The fourth-order valence-electron chi connectivity index (χ4n) is 2.03. The van der Waals surface area contributed by atoms with Gasteiger partial charge in [-0.2, -0.15) is 0 Å². The van der Waals surface area contributed by atoms with Gasteiger partial charge in [-0.15, -0.1) is 0 Å². The molecule has 1 aromatic carbocycles. The number of aliphatic hydroxyl groups excluding tert-OH is 1. The molecule has 0 saturated carbocycles. The van der Waals surface area contributed by atoms with Crippen LogP contribution in [0.1, 0.15) is 12.8 Å². The number of rotatable bonds is 7. The maximum atomic E-state index is 9.86. The molecule has 0 heterocycles. The maximum absolute atomic E-state index is 9.86. The molecule has 0 spiro atoms. The molecule has 19 heavy (non-hydrogen) atoms. The molecule has 0 radical (unpaired) electrons. The highest BCUT2D eigenvalue weighted by Crippen LogP contribution is 2.18. The van der Waals surface area contributed by atoms with Crippen LogP contribution >= 0.6 is 0 Å². The second-order valence-corrected chi connectivity index (χ2v) is 4.69. The smallest absolute Gasteiger partial charge is 0.123 e. The van der Waals surface area contributed by atoms with E-state index >= 15 is 0 Å². The van der Waals surface area contributed by atoms with Crippen LogP contribution in [0.4, 0.5) is 0 Å². The summed E-state index contributed by atoms with van der Waals surface area (Å²) < 4.78 is 10.7. The molecule has 2 N–H and O–H groups in total. The van der Waals surface area contributed by atoms with Gasteiger partial charge in [0.05, 0.1) is 7.11 Å². The number of nitrogens with one attached hydrogen (secondary N) is 1. The van der Waals surface area contributed by atoms with Gasteiger partial charge in [0.25, 0.3) is 0 Å². The summed E-state index contributed by atoms with van der Waals surface area (Å²) in [6.45, 7) is 0.830. The lowest BCUT2D eigenvalue weighted by Gasteiger charge is -2.17. The Labute approximate surface area is 114 Å². The Hall–Kier alpha value is -1.52. The van der Waals surface area contributed by atoms with Crippen LogP contribution in [0.2, 0.25) is 0 Å². The topological polar surface area (TPSA) is 50.7 Å². The van der Waals surface area contributed by atoms with Gasteiger partial charge in [-0.1, -0.05) is 18.2 Å². The number of benzene rings is 1. The summed E-state index contributed by atoms with van der Waals surface area (Å²) >= 11 is 0. The Bertz CT molecular complexity index is 412. The minimum absolute atomic E-state index is 0.278. The zero-order chi connectivity index (χ0) is 13.5. The van der Waals surface area contributed by atoms with Crippen molar-refractivity contribution in [2.75, 3.05) is 20.3 Å². The third-order valence-electron chi connectivity index (χ3n) is 3.13. The predicted molar refractivity (Wildman–Crippen MR) is 74.7 cm³/mol. The molecule has 0 aliphatic heterocycles. The number of hydrogen-bond acceptors (Lipinski definition) is 4. The molecule has 1 unspecified atom stereocenters. The molecule has 0 fully saturated rings. The van der Waals surface area contributed by atoms with Crippen molar-refractivity contribution in [1.82, 2.24) is 5.32 Å². The summed E-state index contributed by atoms with van der Waals surface area (Å²) in [4.78, 5) is 0. The molecule has 2 rings (SSSR count). The van der Waals surface area contributed by atoms with Gasteiger partial charge in [-0.25, -0.2) is 0 Å². The van der Waals surface area contributed by atoms with Gasteiger partial charge in [-0.05, 0) is 25.0 Å². The summed E-state index contributed by atoms with van der Waals surface area (Å²) in [6.07, 6.45) is 5.91. The standard InChI is InChI=1S/C15H21NO3/c1-18-14-7-4-8-15(9-14)19-11-13(17)10-16-12-5-2-3-6-12/h2-4,7-9,12-13,16-17H,5-6,10-11H2,1H3. The third kappa shape index (κ3) is 4.58. The molecule has 0 aromatic heterocycles. The molecule has 1 aliphatic carbocycles. The Morgan fingerprint density at radius 2 is 2.05 bits per heavy atom. The van der Waals surface area contributed by atoms with Gasteiger partial charge in [0.2, 0.25) is 0 Å².